The number of hydrogen-bond acceptors (Lipinski definition) is 4. The largest absolute Gasteiger partial charge is 0.465 e. The third-order valence-corrected chi connectivity index (χ3v) is 6.36. The van der Waals surface area contributed by atoms with Crippen LogP contribution in [0.3, 0.4) is 0 Å². The summed E-state index contributed by atoms with van der Waals surface area (Å²) >= 11 is 3.26. The van der Waals surface area contributed by atoms with E-state index in [9.17, 15) is 13.2 Å². The van der Waals surface area contributed by atoms with Crippen molar-refractivity contribution in [2.75, 3.05) is 13.2 Å². The smallest absolute Gasteiger partial charge is 0.324 e. The van der Waals surface area contributed by atoms with Crippen molar-refractivity contribution < 1.29 is 17.9 Å². The van der Waals surface area contributed by atoms with Crippen molar-refractivity contribution in [2.45, 2.75) is 37.1 Å². The van der Waals surface area contributed by atoms with Crippen LogP contribution in [0.5, 0.6) is 0 Å². The maximum atomic E-state index is 12.8. The number of carbonyl (C=O) groups excluding carboxylic acids is 1. The first-order valence-electron chi connectivity index (χ1n) is 6.91. The Balaban J connectivity index is 2.36. The molecule has 1 aliphatic heterocycles. The minimum Gasteiger partial charge on any atom is -0.465 e. The van der Waals surface area contributed by atoms with Gasteiger partial charge in [-0.1, -0.05) is 12.1 Å². The van der Waals surface area contributed by atoms with E-state index in [0.717, 1.165) is 12.8 Å². The second-order valence-electron chi connectivity index (χ2n) is 4.81. The van der Waals surface area contributed by atoms with Gasteiger partial charge in [0.05, 0.1) is 11.5 Å². The summed E-state index contributed by atoms with van der Waals surface area (Å²) in [4.78, 5) is 12.2. The zero-order valence-electron chi connectivity index (χ0n) is 11.8. The van der Waals surface area contributed by atoms with Crippen LogP contribution < -0.4 is 0 Å². The third-order valence-electron chi connectivity index (χ3n) is 3.44. The van der Waals surface area contributed by atoms with Gasteiger partial charge in [-0.3, -0.25) is 4.79 Å². The number of piperidine rings is 1. The van der Waals surface area contributed by atoms with E-state index >= 15 is 0 Å². The van der Waals surface area contributed by atoms with E-state index in [1.54, 1.807) is 25.1 Å². The van der Waals surface area contributed by atoms with Gasteiger partial charge in [0.15, 0.2) is 0 Å². The molecule has 116 valence electrons. The highest BCUT2D eigenvalue weighted by molar-refractivity contribution is 9.10. The Hall–Kier alpha value is -0.920. The van der Waals surface area contributed by atoms with Gasteiger partial charge in [-0.25, -0.2) is 8.42 Å². The van der Waals surface area contributed by atoms with E-state index in [1.165, 1.54) is 10.4 Å². The van der Waals surface area contributed by atoms with Crippen LogP contribution in [-0.2, 0) is 19.6 Å². The lowest BCUT2D eigenvalue weighted by Gasteiger charge is -2.33. The number of nitrogens with zero attached hydrogens (tertiary/aromatic N) is 1. The van der Waals surface area contributed by atoms with Gasteiger partial charge < -0.3 is 4.74 Å². The first-order valence-corrected chi connectivity index (χ1v) is 9.14. The number of carbonyl (C=O) groups is 1. The number of rotatable bonds is 4. The van der Waals surface area contributed by atoms with Crippen molar-refractivity contribution in [1.29, 1.82) is 0 Å². The fourth-order valence-corrected chi connectivity index (χ4v) is 5.06. The average Bonchev–Trinajstić information content (AvgIpc) is 2.48. The molecule has 0 aliphatic carbocycles. The first kappa shape index (κ1) is 16.5. The molecule has 0 bridgehead atoms. The van der Waals surface area contributed by atoms with Gasteiger partial charge in [-0.2, -0.15) is 4.31 Å². The molecule has 1 aliphatic rings. The SMILES string of the molecule is CCOC(=O)[C@@H]1CCCCN1S(=O)(=O)c1ccccc1Br. The van der Waals surface area contributed by atoms with Crippen LogP contribution in [0, 0.1) is 0 Å². The standard InChI is InChI=1S/C14H18BrNO4S/c1-2-20-14(17)12-8-5-6-10-16(12)21(18,19)13-9-4-3-7-11(13)15/h3-4,7,9,12H,2,5-6,8,10H2,1H3/t12-/m0/s1. The number of hydrogen-bond donors (Lipinski definition) is 0. The molecule has 0 spiro atoms. The number of ether oxygens (including phenoxy) is 1. The van der Waals surface area contributed by atoms with E-state index < -0.39 is 22.0 Å². The molecule has 1 fully saturated rings. The van der Waals surface area contributed by atoms with Crippen molar-refractivity contribution in [2.24, 2.45) is 0 Å². The van der Waals surface area contributed by atoms with Crippen LogP contribution in [0.4, 0.5) is 0 Å². The lowest BCUT2D eigenvalue weighted by molar-refractivity contribution is -0.148. The number of sulfonamides is 1. The molecule has 0 radical (unpaired) electrons. The average molecular weight is 376 g/mol. The van der Waals surface area contributed by atoms with E-state index in [4.69, 9.17) is 4.74 Å². The van der Waals surface area contributed by atoms with Crippen molar-refractivity contribution >= 4 is 31.9 Å². The summed E-state index contributed by atoms with van der Waals surface area (Å²) in [5.74, 6) is -0.465. The minimum atomic E-state index is -3.72. The lowest BCUT2D eigenvalue weighted by Crippen LogP contribution is -2.48. The van der Waals surface area contributed by atoms with Gasteiger partial charge in [0.2, 0.25) is 10.0 Å². The van der Waals surface area contributed by atoms with Gasteiger partial charge in [0.1, 0.15) is 6.04 Å². The quantitative estimate of drug-likeness (QED) is 0.758. The van der Waals surface area contributed by atoms with Gasteiger partial charge in [0, 0.05) is 11.0 Å². The Labute approximate surface area is 133 Å². The molecule has 1 aromatic carbocycles. The molecule has 1 atom stereocenters. The highest BCUT2D eigenvalue weighted by Crippen LogP contribution is 2.30. The third kappa shape index (κ3) is 3.46. The van der Waals surface area contributed by atoms with E-state index in [-0.39, 0.29) is 11.5 Å². The van der Waals surface area contributed by atoms with Gasteiger partial charge in [0.25, 0.3) is 0 Å². The lowest BCUT2D eigenvalue weighted by atomic mass is 10.1. The Morgan fingerprint density at radius 3 is 2.76 bits per heavy atom. The molecule has 2 rings (SSSR count). The predicted molar refractivity (Wildman–Crippen MR) is 82.3 cm³/mol. The molecular formula is C14H18BrNO4S. The number of benzene rings is 1. The molecule has 0 saturated carbocycles. The molecule has 7 heteroatoms. The molecule has 21 heavy (non-hydrogen) atoms. The summed E-state index contributed by atoms with van der Waals surface area (Å²) in [5.41, 5.74) is 0. The first-order chi connectivity index (χ1) is 9.98. The monoisotopic (exact) mass is 375 g/mol. The zero-order valence-corrected chi connectivity index (χ0v) is 14.2. The second kappa shape index (κ2) is 6.89. The molecule has 0 unspecified atom stereocenters. The van der Waals surface area contributed by atoms with E-state index in [2.05, 4.69) is 15.9 Å². The molecule has 0 amide bonds. The molecule has 1 saturated heterocycles. The number of esters is 1. The van der Waals surface area contributed by atoms with E-state index in [0.29, 0.717) is 17.4 Å². The topological polar surface area (TPSA) is 63.7 Å². The second-order valence-corrected chi connectivity index (χ2v) is 7.52. The highest BCUT2D eigenvalue weighted by Gasteiger charge is 2.39. The van der Waals surface area contributed by atoms with Gasteiger partial charge in [-0.15, -0.1) is 0 Å². The van der Waals surface area contributed by atoms with Crippen LogP contribution in [0.25, 0.3) is 0 Å². The summed E-state index contributed by atoms with van der Waals surface area (Å²) in [7, 11) is -3.72. The van der Waals surface area contributed by atoms with Crippen molar-refractivity contribution in [3.8, 4) is 0 Å². The van der Waals surface area contributed by atoms with Crippen LogP contribution in [0.15, 0.2) is 33.6 Å². The molecular weight excluding hydrogens is 358 g/mol. The summed E-state index contributed by atoms with van der Waals surface area (Å²) in [5, 5.41) is 0. The Morgan fingerprint density at radius 1 is 1.38 bits per heavy atom. The summed E-state index contributed by atoms with van der Waals surface area (Å²) in [6.45, 7) is 2.30. The van der Waals surface area contributed by atoms with Crippen LogP contribution >= 0.6 is 15.9 Å². The molecule has 1 aromatic rings. The van der Waals surface area contributed by atoms with Crippen LogP contribution in [-0.4, -0.2) is 37.9 Å². The Kier molecular flexibility index (Phi) is 5.40. The van der Waals surface area contributed by atoms with Crippen molar-refractivity contribution in [3.05, 3.63) is 28.7 Å². The molecule has 0 N–H and O–H groups in total. The number of halogens is 1. The van der Waals surface area contributed by atoms with Crippen molar-refractivity contribution in [3.63, 3.8) is 0 Å². The van der Waals surface area contributed by atoms with Crippen molar-refractivity contribution in [1.82, 2.24) is 4.31 Å². The molecule has 0 aromatic heterocycles. The maximum Gasteiger partial charge on any atom is 0.324 e. The van der Waals surface area contributed by atoms with Crippen LogP contribution in [0.2, 0.25) is 0 Å². The Morgan fingerprint density at radius 2 is 2.10 bits per heavy atom. The Bertz CT molecular complexity index is 617. The summed E-state index contributed by atoms with van der Waals surface area (Å²) in [6, 6.07) is 5.91. The van der Waals surface area contributed by atoms with Crippen LogP contribution in [0.1, 0.15) is 26.2 Å². The highest BCUT2D eigenvalue weighted by atomic mass is 79.9. The zero-order chi connectivity index (χ0) is 15.5. The fourth-order valence-electron chi connectivity index (χ4n) is 2.45. The fraction of sp³-hybridized carbons (Fsp3) is 0.500. The molecule has 5 nitrogen and oxygen atoms in total. The van der Waals surface area contributed by atoms with Gasteiger partial charge in [-0.05, 0) is 54.2 Å². The molecule has 1 heterocycles. The minimum absolute atomic E-state index is 0.182. The summed E-state index contributed by atoms with van der Waals surface area (Å²) in [6.07, 6.45) is 2.08. The normalized spacial score (nSPS) is 20.2. The predicted octanol–water partition coefficient (Wildman–Crippen LogP) is 2.56. The van der Waals surface area contributed by atoms with E-state index in [1.807, 2.05) is 0 Å². The summed E-state index contributed by atoms with van der Waals surface area (Å²) < 4.78 is 32.4. The maximum absolute atomic E-state index is 12.8. The van der Waals surface area contributed by atoms with Gasteiger partial charge >= 0.3 is 5.97 Å².